The number of unbranched alkanes of at least 4 members (excludes halogenated alkanes) is 4. The van der Waals surface area contributed by atoms with Crippen LogP contribution in [0.5, 0.6) is 11.5 Å². The summed E-state index contributed by atoms with van der Waals surface area (Å²) in [7, 11) is 1.74. The smallest absolute Gasteiger partial charge is 0.122 e. The molecule has 0 radical (unpaired) electrons. The fourth-order valence-corrected chi connectivity index (χ4v) is 10.1. The first-order valence-corrected chi connectivity index (χ1v) is 19.9. The van der Waals surface area contributed by atoms with Crippen molar-refractivity contribution in [2.75, 3.05) is 7.11 Å². The maximum absolute atomic E-state index is 10.6. The van der Waals surface area contributed by atoms with Gasteiger partial charge < -0.3 is 30.3 Å². The monoisotopic (exact) mass is 703 g/mol. The molecule has 10 atom stereocenters. The summed E-state index contributed by atoms with van der Waals surface area (Å²) in [6, 6.07) is 12.2. The Hall–Kier alpha value is -2.19. The van der Waals surface area contributed by atoms with E-state index in [-0.39, 0.29) is 30.5 Å². The summed E-state index contributed by atoms with van der Waals surface area (Å²) in [4.78, 5) is 0. The van der Waals surface area contributed by atoms with Crippen molar-refractivity contribution in [2.24, 2.45) is 35.5 Å². The number of hydrogen-bond donors (Lipinski definition) is 5. The molecule has 50 heavy (non-hydrogen) atoms. The van der Waals surface area contributed by atoms with Gasteiger partial charge in [-0.3, -0.25) is 4.70 Å². The molecule has 2 fully saturated rings. The molecule has 6 rings (SSSR count). The highest BCUT2D eigenvalue weighted by Gasteiger charge is 2.46. The number of rotatable bonds is 15. The molecule has 0 unspecified atom stereocenters. The van der Waals surface area contributed by atoms with E-state index in [0.29, 0.717) is 41.3 Å². The molecule has 0 aromatic heterocycles. The first kappa shape index (κ1) is 40.6. The lowest BCUT2D eigenvalue weighted by Gasteiger charge is -2.32. The van der Waals surface area contributed by atoms with Gasteiger partial charge >= 0.3 is 0 Å². The molecule has 7 heteroatoms. The Balaban J connectivity index is 0.000000265. The van der Waals surface area contributed by atoms with Crippen LogP contribution in [0.4, 0.5) is 4.70 Å². The zero-order valence-corrected chi connectivity index (χ0v) is 31.0. The summed E-state index contributed by atoms with van der Waals surface area (Å²) in [5.41, 5.74) is 5.08. The van der Waals surface area contributed by atoms with Crippen molar-refractivity contribution in [1.82, 2.24) is 0 Å². The van der Waals surface area contributed by atoms with Crippen molar-refractivity contribution in [2.45, 2.75) is 154 Å². The number of phenols is 1. The van der Waals surface area contributed by atoms with Crippen molar-refractivity contribution >= 4 is 0 Å². The number of hydrogen-bond acceptors (Lipinski definition) is 6. The fourth-order valence-electron chi connectivity index (χ4n) is 10.1. The summed E-state index contributed by atoms with van der Waals surface area (Å²) >= 11 is 0. The standard InChI is InChI=1S/C22H34O3.C21H32O3.FH.H2/c1-3-4-5-8-17(23)10-11-18-19-12-15-7-6-9-22(25-2)20(15)13-16(19)14-21(18)24;1-2-3-4-7-16(22)9-10-17-18-11-14-6-5-8-20(23)19(14)12-15(18)13-21(17)24;;/h6-7,9,16-19,21,23-24H,3-5,8,10-14H2,1-2H3;5-6,8,15-18,21-24H,2-4,7,9-13H2,1H3;2*1H/t16-,17+,18+,19-,21+;15-,16+,17+,18-,21+;;/m00../s1/i;;;1+2. The Kier molecular flexibility index (Phi) is 15.9. The van der Waals surface area contributed by atoms with Gasteiger partial charge in [-0.25, -0.2) is 0 Å². The second kappa shape index (κ2) is 19.6. The summed E-state index contributed by atoms with van der Waals surface area (Å²) in [5.74, 6) is 4.13. The van der Waals surface area contributed by atoms with E-state index in [1.54, 1.807) is 13.2 Å². The number of aliphatic hydroxyl groups excluding tert-OH is 4. The predicted octanol–water partition coefficient (Wildman–Crippen LogP) is 8.35. The summed E-state index contributed by atoms with van der Waals surface area (Å²) < 4.78 is 5.54. The van der Waals surface area contributed by atoms with Crippen LogP contribution >= 0.6 is 0 Å². The number of methoxy groups -OCH3 is 1. The maximum Gasteiger partial charge on any atom is 0.122 e. The molecule has 0 saturated heterocycles. The highest BCUT2D eigenvalue weighted by atomic mass is 19.0. The molecule has 0 bridgehead atoms. The second-order valence-electron chi connectivity index (χ2n) is 16.1. The minimum Gasteiger partial charge on any atom is -0.508 e. The van der Waals surface area contributed by atoms with Crippen LogP contribution in [0.15, 0.2) is 36.4 Å². The van der Waals surface area contributed by atoms with Gasteiger partial charge in [0.1, 0.15) is 11.5 Å². The second-order valence-corrected chi connectivity index (χ2v) is 16.1. The van der Waals surface area contributed by atoms with Crippen molar-refractivity contribution in [3.05, 3.63) is 58.7 Å². The molecule has 2 aromatic carbocycles. The summed E-state index contributed by atoms with van der Waals surface area (Å²) in [6.07, 6.45) is 17.1. The average Bonchev–Trinajstić information content (AvgIpc) is 3.57. The van der Waals surface area contributed by atoms with Gasteiger partial charge in [0.25, 0.3) is 0 Å². The molecule has 2 saturated carbocycles. The molecule has 5 N–H and O–H groups in total. The molecule has 0 amide bonds. The number of ether oxygens (including phenoxy) is 1. The SMILES string of the molecule is CCCCC[C@@H](O)CC[C@@H]1[C@H]2Cc3cccc(O)c3C[C@H]2C[C@H]1O.CCCCC[C@@H](O)CC[C@@H]1[C@H]2Cc3cccc(OC)c3C[C@H]2C[C@H]1O.F.[3HH]. The molecule has 2 aromatic rings. The topological polar surface area (TPSA) is 110 Å². The molecule has 0 heterocycles. The van der Waals surface area contributed by atoms with Crippen LogP contribution < -0.4 is 4.74 Å². The Labute approximate surface area is 302 Å². The third kappa shape index (κ3) is 10.0. The summed E-state index contributed by atoms with van der Waals surface area (Å²) in [5, 5.41) is 51.7. The molecule has 4 aliphatic rings. The lowest BCUT2D eigenvalue weighted by atomic mass is 9.73. The van der Waals surface area contributed by atoms with Gasteiger partial charge in [-0.05, 0) is 147 Å². The zero-order valence-electron chi connectivity index (χ0n) is 31.0. The van der Waals surface area contributed by atoms with E-state index in [4.69, 9.17) is 4.74 Å². The van der Waals surface area contributed by atoms with Gasteiger partial charge in [0.15, 0.2) is 0 Å². The van der Waals surface area contributed by atoms with E-state index in [9.17, 15) is 25.5 Å². The zero-order chi connectivity index (χ0) is 34.9. The molecule has 0 aliphatic heterocycles. The van der Waals surface area contributed by atoms with Crippen LogP contribution in [0.3, 0.4) is 0 Å². The van der Waals surface area contributed by atoms with E-state index in [1.165, 1.54) is 42.4 Å². The van der Waals surface area contributed by atoms with E-state index in [0.717, 1.165) is 101 Å². The largest absolute Gasteiger partial charge is 0.508 e. The molecule has 0 spiro atoms. The third-order valence-electron chi connectivity index (χ3n) is 12.9. The van der Waals surface area contributed by atoms with Gasteiger partial charge in [-0.15, -0.1) is 0 Å². The highest BCUT2D eigenvalue weighted by molar-refractivity contribution is 5.43. The van der Waals surface area contributed by atoms with Crippen molar-refractivity contribution in [1.29, 1.82) is 0 Å². The molecular weight excluding hydrogens is 631 g/mol. The highest BCUT2D eigenvalue weighted by Crippen LogP contribution is 2.49. The van der Waals surface area contributed by atoms with E-state index < -0.39 is 0 Å². The number of aliphatic hydroxyl groups is 4. The van der Waals surface area contributed by atoms with Crippen LogP contribution in [0.2, 0.25) is 0 Å². The van der Waals surface area contributed by atoms with Crippen molar-refractivity contribution in [3.8, 4) is 11.5 Å². The lowest BCUT2D eigenvalue weighted by molar-refractivity contribution is 0.0864. The quantitative estimate of drug-likeness (QED) is 0.119. The number of phenolic OH excluding ortho intramolecular Hbond substituents is 1. The number of fused-ring (bicyclic) bond motifs is 4. The van der Waals surface area contributed by atoms with E-state index in [2.05, 4.69) is 38.1 Å². The Bertz CT molecular complexity index is 1310. The van der Waals surface area contributed by atoms with Crippen LogP contribution in [0.25, 0.3) is 0 Å². The first-order valence-electron chi connectivity index (χ1n) is 19.9. The van der Waals surface area contributed by atoms with Crippen molar-refractivity contribution in [3.63, 3.8) is 0 Å². The van der Waals surface area contributed by atoms with Gasteiger partial charge in [0.2, 0.25) is 0 Å². The van der Waals surface area contributed by atoms with Crippen LogP contribution in [-0.4, -0.2) is 57.1 Å². The normalized spacial score (nSPS) is 28.9. The van der Waals surface area contributed by atoms with E-state index >= 15 is 0 Å². The predicted molar refractivity (Wildman–Crippen MR) is 201 cm³/mol. The molecule has 284 valence electrons. The van der Waals surface area contributed by atoms with Crippen LogP contribution in [0.1, 0.15) is 127 Å². The van der Waals surface area contributed by atoms with Crippen molar-refractivity contribution < 1.29 is 36.4 Å². The number of aromatic hydroxyl groups is 1. The van der Waals surface area contributed by atoms with E-state index in [1.807, 2.05) is 6.07 Å². The Morgan fingerprint density at radius 2 is 1.16 bits per heavy atom. The number of halogens is 1. The lowest BCUT2D eigenvalue weighted by Crippen LogP contribution is -2.28. The van der Waals surface area contributed by atoms with Crippen LogP contribution in [0, 0.1) is 35.5 Å². The first-order chi connectivity index (χ1) is 23.7. The fraction of sp³-hybridized carbons (Fsp3) is 0.721. The minimum absolute atomic E-state index is 0. The van der Waals surface area contributed by atoms with Gasteiger partial charge in [-0.1, -0.05) is 76.6 Å². The van der Waals surface area contributed by atoms with Gasteiger partial charge in [0.05, 0.1) is 31.5 Å². The molecule has 4 aliphatic carbocycles. The molecule has 6 nitrogen and oxygen atoms in total. The Morgan fingerprint density at radius 3 is 1.66 bits per heavy atom. The molecular formula is C43H69FO6. The van der Waals surface area contributed by atoms with Gasteiger partial charge in [0, 0.05) is 1.43 Å². The maximum atomic E-state index is 10.6. The summed E-state index contributed by atoms with van der Waals surface area (Å²) in [6.45, 7) is 4.37. The minimum atomic E-state index is -0.251. The average molecular weight is 703 g/mol. The van der Waals surface area contributed by atoms with Crippen LogP contribution in [-0.2, 0) is 25.7 Å². The Morgan fingerprint density at radius 1 is 0.680 bits per heavy atom. The van der Waals surface area contributed by atoms with Gasteiger partial charge in [-0.2, -0.15) is 0 Å². The number of benzene rings is 2. The third-order valence-corrected chi connectivity index (χ3v) is 12.9.